The van der Waals surface area contributed by atoms with Crippen molar-refractivity contribution in [2.45, 2.75) is 91.8 Å². The molecule has 6 N–H and O–H groups in total. The predicted octanol–water partition coefficient (Wildman–Crippen LogP) is 24.5. The molecule has 14 aromatic carbocycles. The number of aliphatic hydroxyl groups excluding tert-OH is 2. The zero-order valence-electron chi connectivity index (χ0n) is 77.6. The van der Waals surface area contributed by atoms with E-state index in [-0.39, 0.29) is 52.9 Å². The summed E-state index contributed by atoms with van der Waals surface area (Å²) < 4.78 is 62.2. The van der Waals surface area contributed by atoms with Gasteiger partial charge in [-0.25, -0.2) is 8.42 Å². The topological polar surface area (TPSA) is 330 Å². The van der Waals surface area contributed by atoms with Crippen LogP contribution < -0.4 is 33.1 Å². The average Bonchev–Trinajstić information content (AvgIpc) is 1.52. The van der Waals surface area contributed by atoms with Crippen LogP contribution in [0.25, 0.3) is 89.3 Å². The van der Waals surface area contributed by atoms with Gasteiger partial charge in [-0.2, -0.15) is 15.5 Å². The lowest BCUT2D eigenvalue weighted by molar-refractivity contribution is 0.100. The summed E-state index contributed by atoms with van der Waals surface area (Å²) in [6.45, 7) is 13.8. The standard InChI is InChI=1S/C21H21N3O.C19H20N2O2.C15H15NO4S.C15H14O3.C15H12O3.C14H11ClO2.C14H12O2/c1-3-16-15-19(9-10-21(16)25-2)17-5-7-18(8-6-17)20-11-13-23-24(20)14-4-12-22;1-2-14-13-17(7-8-19(14)23)15-3-5-16(6-4-15)18-9-10-21(20-18)11-12-22;1-11(17)12-3-9-15(10-4-12)21(18,19)16-13-5-7-14(20-2)8-6-13;2*1-10(16)11-2-4-12(5-3-11)13-6-7-14-15(8-13)18-9-17-14;1-9(16)10-2-4-11(5-3-10)12-6-7-14(17)13(15)8-12;1-10(15)11-2-4-12(5-3-11)13-6-8-14(16)9-7-13/h5-11,13,15H,3-4,14H2,1-2H3;3-10,13,22-23H,2,11-12H2,1H3;3-10,16H,1-2H3;2-8,10,16H,9H2,1H3;2-8H,9H2,1H3;2-8,17H,1H3;2-9,16H,1H3. The maximum Gasteiger partial charge on any atom is 0.261 e. The number of aromatic nitrogens is 4. The molecule has 0 aliphatic carbocycles. The van der Waals surface area contributed by atoms with Crippen LogP contribution in [0.3, 0.4) is 0 Å². The molecule has 1 unspecified atom stereocenters. The fourth-order valence-corrected chi connectivity index (χ4v) is 15.7. The van der Waals surface area contributed by atoms with E-state index in [2.05, 4.69) is 76.4 Å². The molecule has 2 aromatic heterocycles. The lowest BCUT2D eigenvalue weighted by Crippen LogP contribution is -2.13. The molecule has 25 heteroatoms. The highest BCUT2D eigenvalue weighted by Gasteiger charge is 2.20. The number of nitrogens with zero attached hydrogens (tertiary/aromatic N) is 5. The molecule has 0 spiro atoms. The number of benzene rings is 14. The largest absolute Gasteiger partial charge is 0.508 e. The summed E-state index contributed by atoms with van der Waals surface area (Å²) in [5.74, 6) is 5.44. The van der Waals surface area contributed by atoms with Gasteiger partial charge in [-0.15, -0.1) is 0 Å². The van der Waals surface area contributed by atoms with Gasteiger partial charge in [0.1, 0.15) is 28.7 Å². The van der Waals surface area contributed by atoms with Gasteiger partial charge in [0, 0.05) is 45.9 Å². The molecule has 138 heavy (non-hydrogen) atoms. The number of ketones is 4. The van der Waals surface area contributed by atoms with Crippen LogP contribution >= 0.6 is 11.6 Å². The van der Waals surface area contributed by atoms with Gasteiger partial charge < -0.3 is 54.0 Å². The Kier molecular flexibility index (Phi) is 35.5. The number of nitrogens with one attached hydrogen (secondary N) is 1. The molecule has 23 nitrogen and oxygen atoms in total. The number of aryl methyl sites for hydroxylation is 3. The van der Waals surface area contributed by atoms with Gasteiger partial charge in [-0.05, 0) is 258 Å². The van der Waals surface area contributed by atoms with E-state index in [0.29, 0.717) is 65.2 Å². The lowest BCUT2D eigenvalue weighted by Gasteiger charge is -2.10. The number of phenols is 3. The molecule has 4 heterocycles. The summed E-state index contributed by atoms with van der Waals surface area (Å²) in [6, 6.07) is 101. The van der Waals surface area contributed by atoms with Crippen LogP contribution in [-0.2, 0) is 36.0 Å². The third-order valence-corrected chi connectivity index (χ3v) is 24.0. The number of hydrogen-bond acceptors (Lipinski definition) is 20. The molecule has 1 atom stereocenters. The third-order valence-electron chi connectivity index (χ3n) is 22.3. The quantitative estimate of drug-likeness (QED) is 0.0306. The van der Waals surface area contributed by atoms with Crippen LogP contribution in [0.2, 0.25) is 5.02 Å². The highest BCUT2D eigenvalue weighted by molar-refractivity contribution is 7.92. The number of rotatable bonds is 24. The van der Waals surface area contributed by atoms with Crippen LogP contribution in [0, 0.1) is 11.3 Å². The number of methoxy groups -OCH3 is 2. The number of carbonyl (C=O) groups excluding carboxylic acids is 4. The maximum absolute atomic E-state index is 12.2. The Morgan fingerprint density at radius 3 is 1.30 bits per heavy atom. The minimum atomic E-state index is -3.68. The van der Waals surface area contributed by atoms with Gasteiger partial charge in [0.25, 0.3) is 10.0 Å². The highest BCUT2D eigenvalue weighted by Crippen LogP contribution is 2.40. The van der Waals surface area contributed by atoms with Gasteiger partial charge in [0.05, 0.1) is 73.8 Å². The molecular weight excluding hydrogens is 1780 g/mol. The molecule has 0 radical (unpaired) electrons. The smallest absolute Gasteiger partial charge is 0.261 e. The number of anilines is 1. The number of carbonyl (C=O) groups is 4. The lowest BCUT2D eigenvalue weighted by atomic mass is 9.99. The first-order chi connectivity index (χ1) is 66.6. The molecule has 0 amide bonds. The van der Waals surface area contributed by atoms with Crippen LogP contribution in [0.5, 0.6) is 51.7 Å². The van der Waals surface area contributed by atoms with Crippen molar-refractivity contribution in [2.24, 2.45) is 0 Å². The molecule has 2 aliphatic heterocycles. The summed E-state index contributed by atoms with van der Waals surface area (Å²) in [7, 11) is -0.433. The first-order valence-corrected chi connectivity index (χ1v) is 46.2. The molecule has 702 valence electrons. The molecule has 0 bridgehead atoms. The normalized spacial score (nSPS) is 11.3. The number of aromatic hydroxyl groups is 3. The van der Waals surface area contributed by atoms with Gasteiger partial charge in [-0.3, -0.25) is 33.3 Å². The van der Waals surface area contributed by atoms with Gasteiger partial charge in [-0.1, -0.05) is 226 Å². The number of fused-ring (bicyclic) bond motifs is 2. The van der Waals surface area contributed by atoms with E-state index in [1.165, 1.54) is 61.9 Å². The van der Waals surface area contributed by atoms with Crippen molar-refractivity contribution in [3.8, 4) is 147 Å². The minimum absolute atomic E-state index is 0.0419. The maximum atomic E-state index is 12.2. The first kappa shape index (κ1) is 101. The Balaban J connectivity index is 0.000000145. The van der Waals surface area contributed by atoms with E-state index >= 15 is 0 Å². The van der Waals surface area contributed by atoms with E-state index < -0.39 is 16.1 Å². The molecule has 18 rings (SSSR count). The van der Waals surface area contributed by atoms with Crippen molar-refractivity contribution in [3.05, 3.63) is 378 Å². The molecular formula is C113H105ClN6O17S. The summed E-state index contributed by atoms with van der Waals surface area (Å²) >= 11 is 5.84. The number of aliphatic hydroxyl groups is 2. The van der Waals surface area contributed by atoms with Crippen LogP contribution in [0.15, 0.2) is 339 Å². The second kappa shape index (κ2) is 48.7. The van der Waals surface area contributed by atoms with Gasteiger partial charge >= 0.3 is 0 Å². The Morgan fingerprint density at radius 2 is 0.855 bits per heavy atom. The van der Waals surface area contributed by atoms with Crippen LogP contribution in [0.1, 0.15) is 119 Å². The average molecular weight is 1890 g/mol. The Bertz CT molecular complexity index is 6990. The fourth-order valence-electron chi connectivity index (χ4n) is 14.5. The summed E-state index contributed by atoms with van der Waals surface area (Å²) in [5, 5.41) is 64.5. The van der Waals surface area contributed by atoms with Crippen molar-refractivity contribution >= 4 is 50.4 Å². The van der Waals surface area contributed by atoms with E-state index in [0.717, 1.165) is 136 Å². The van der Waals surface area contributed by atoms with Crippen molar-refractivity contribution < 1.29 is 81.5 Å². The molecule has 0 fully saturated rings. The third kappa shape index (κ3) is 27.5. The zero-order valence-corrected chi connectivity index (χ0v) is 79.2. The molecule has 0 saturated heterocycles. The van der Waals surface area contributed by atoms with Gasteiger partial charge in [0.2, 0.25) is 13.6 Å². The summed E-state index contributed by atoms with van der Waals surface area (Å²) in [5.41, 5.74) is 22.9. The van der Waals surface area contributed by atoms with E-state index in [1.54, 1.807) is 112 Å². The number of nitriles is 1. The second-order valence-electron chi connectivity index (χ2n) is 31.7. The summed E-state index contributed by atoms with van der Waals surface area (Å²) in [6.07, 6.45) is 5.41. The molecule has 0 saturated carbocycles. The number of sulfonamides is 1. The van der Waals surface area contributed by atoms with Crippen molar-refractivity contribution in [1.82, 2.24) is 19.6 Å². The summed E-state index contributed by atoms with van der Waals surface area (Å²) in [4.78, 5) is 44.7. The van der Waals surface area contributed by atoms with Crippen molar-refractivity contribution in [1.29, 1.82) is 5.26 Å². The van der Waals surface area contributed by atoms with E-state index in [9.17, 15) is 48.0 Å². The monoisotopic (exact) mass is 1880 g/mol. The Labute approximate surface area is 807 Å². The fraction of sp³-hybridized carbons (Fsp3) is 0.159. The zero-order chi connectivity index (χ0) is 98.4. The number of phenolic OH excluding ortho intramolecular Hbond substituents is 3. The first-order valence-electron chi connectivity index (χ1n) is 44.3. The molecule has 2 aliphatic rings. The van der Waals surface area contributed by atoms with Crippen molar-refractivity contribution in [3.63, 3.8) is 0 Å². The van der Waals surface area contributed by atoms with E-state index in [4.69, 9.17) is 50.4 Å². The van der Waals surface area contributed by atoms with Crippen LogP contribution in [-0.4, -0.2) is 111 Å². The molecule has 16 aromatic rings. The van der Waals surface area contributed by atoms with E-state index in [1.807, 2.05) is 194 Å². The van der Waals surface area contributed by atoms with Crippen LogP contribution in [0.4, 0.5) is 5.69 Å². The minimum Gasteiger partial charge on any atom is -0.508 e. The predicted molar refractivity (Wildman–Crippen MR) is 539 cm³/mol. The number of halogens is 1. The van der Waals surface area contributed by atoms with Crippen molar-refractivity contribution in [2.75, 3.05) is 39.1 Å². The number of hydrogen-bond donors (Lipinski definition) is 6. The number of ether oxygens (including phenoxy) is 6. The van der Waals surface area contributed by atoms with Gasteiger partial charge in [0.15, 0.2) is 46.1 Å². The second-order valence-corrected chi connectivity index (χ2v) is 33.8. The SMILES string of the molecule is CC(=O)c1ccc(-c2ccc(O)c(Cl)c2)cc1.CC(=O)c1ccc(-c2ccc(O)cc2)cc1.CC(=O)c1ccc(-c2ccc3c(c2)OCO3)cc1.CC(O)c1ccc(-c2ccc3c(c2)OCO3)cc1.CCc1cc(-c2ccc(-c3ccn(CCO)n3)cc2)ccc1O.CCc1cc(-c2ccc(-c3ccnn3CCC#N)cc2)ccc1OC.COc1ccc(NS(=O)(=O)c2ccc(C(C)=O)cc2)cc1. The Hall–Kier alpha value is -16.2. The number of Topliss-reactive ketones (excluding diaryl/α,β-unsaturated/α-hetero) is 4. The Morgan fingerprint density at radius 1 is 0.457 bits per heavy atom. The highest BCUT2D eigenvalue weighted by atomic mass is 35.5.